The maximum atomic E-state index is 11.0. The van der Waals surface area contributed by atoms with E-state index < -0.39 is 11.1 Å². The molecule has 0 saturated heterocycles. The molecule has 1 aromatic heterocycles. The molecule has 7 nitrogen and oxygen atoms in total. The van der Waals surface area contributed by atoms with Gasteiger partial charge in [-0.05, 0) is 19.1 Å². The minimum atomic E-state index is -1.23. The van der Waals surface area contributed by atoms with Crippen molar-refractivity contribution in [2.45, 2.75) is 13.3 Å². The summed E-state index contributed by atoms with van der Waals surface area (Å²) in [4.78, 5) is 24.6. The summed E-state index contributed by atoms with van der Waals surface area (Å²) in [5.74, 6) is -1.10. The molecule has 0 aliphatic carbocycles. The molecule has 0 atom stereocenters. The fourth-order valence-corrected chi connectivity index (χ4v) is 0.965. The number of aliphatic hydroxyl groups is 1. The summed E-state index contributed by atoms with van der Waals surface area (Å²) >= 11 is 0. The van der Waals surface area contributed by atoms with Crippen LogP contribution in [-0.2, 0) is 16.1 Å². The van der Waals surface area contributed by atoms with Gasteiger partial charge in [0.05, 0.1) is 18.3 Å². The van der Waals surface area contributed by atoms with Crippen molar-refractivity contribution < 1.29 is 24.2 Å². The lowest BCUT2D eigenvalue weighted by molar-refractivity contribution is -0.728. The number of aliphatic hydroxyl groups excluding tert-OH is 1. The monoisotopic (exact) mass is 227 g/mol. The summed E-state index contributed by atoms with van der Waals surface area (Å²) in [6.45, 7) is 1.23. The maximum absolute atomic E-state index is 11.0. The second-order valence-electron chi connectivity index (χ2n) is 2.93. The Balaban J connectivity index is 2.72. The molecule has 0 aromatic carbocycles. The van der Waals surface area contributed by atoms with Crippen LogP contribution in [-0.4, -0.2) is 16.2 Å². The molecular formula is C9H9NO6. The van der Waals surface area contributed by atoms with Crippen LogP contribution in [0.15, 0.2) is 34.1 Å². The van der Waals surface area contributed by atoms with E-state index in [4.69, 9.17) is 4.42 Å². The Bertz CT molecular complexity index is 419. The average Bonchev–Trinajstić information content (AvgIpc) is 2.68. The molecule has 1 rings (SSSR count). The fraction of sp³-hybridized carbons (Fsp3) is 0.222. The van der Waals surface area contributed by atoms with Gasteiger partial charge in [-0.1, -0.05) is 0 Å². The first-order chi connectivity index (χ1) is 7.50. The van der Waals surface area contributed by atoms with E-state index in [-0.39, 0.29) is 17.8 Å². The summed E-state index contributed by atoms with van der Waals surface area (Å²) in [5.41, 5.74) is -0.229. The Kier molecular flexibility index (Phi) is 3.65. The molecule has 0 fully saturated rings. The lowest BCUT2D eigenvalue weighted by atomic mass is 10.2. The molecule has 7 heteroatoms. The van der Waals surface area contributed by atoms with Gasteiger partial charge in [0.25, 0.3) is 0 Å². The highest BCUT2D eigenvalue weighted by Gasteiger charge is 2.15. The summed E-state index contributed by atoms with van der Waals surface area (Å²) < 4.78 is 4.93. The van der Waals surface area contributed by atoms with Gasteiger partial charge >= 0.3 is 11.1 Å². The van der Waals surface area contributed by atoms with Crippen LogP contribution in [0.4, 0.5) is 0 Å². The quantitative estimate of drug-likeness (QED) is 0.361. The number of hydrogen-bond acceptors (Lipinski definition) is 6. The van der Waals surface area contributed by atoms with Crippen LogP contribution in [0, 0.1) is 10.1 Å². The fourth-order valence-electron chi connectivity index (χ4n) is 0.965. The lowest BCUT2D eigenvalue weighted by Gasteiger charge is -2.02. The second kappa shape index (κ2) is 4.96. The van der Waals surface area contributed by atoms with E-state index in [1.54, 1.807) is 12.1 Å². The minimum absolute atomic E-state index is 0.0222. The van der Waals surface area contributed by atoms with Crippen LogP contribution < -0.4 is 0 Å². The molecule has 0 unspecified atom stereocenters. The summed E-state index contributed by atoms with van der Waals surface area (Å²) in [6.07, 6.45) is 1.39. The molecule has 0 aliphatic rings. The van der Waals surface area contributed by atoms with Crippen LogP contribution in [0.25, 0.3) is 0 Å². The summed E-state index contributed by atoms with van der Waals surface area (Å²) in [5, 5.41) is 18.1. The van der Waals surface area contributed by atoms with Crippen molar-refractivity contribution in [1.82, 2.24) is 0 Å². The zero-order chi connectivity index (χ0) is 12.1. The molecule has 0 radical (unpaired) electrons. The van der Waals surface area contributed by atoms with Gasteiger partial charge in [0.15, 0.2) is 0 Å². The van der Waals surface area contributed by atoms with Crippen LogP contribution in [0.5, 0.6) is 0 Å². The molecule has 1 aromatic rings. The zero-order valence-corrected chi connectivity index (χ0v) is 8.37. The molecule has 1 N–H and O–H groups in total. The zero-order valence-electron chi connectivity index (χ0n) is 8.37. The van der Waals surface area contributed by atoms with Gasteiger partial charge in [0.1, 0.15) is 11.5 Å². The van der Waals surface area contributed by atoms with Crippen LogP contribution >= 0.6 is 0 Å². The van der Waals surface area contributed by atoms with Crippen LogP contribution in [0.3, 0.4) is 0 Å². The van der Waals surface area contributed by atoms with E-state index in [0.29, 0.717) is 5.76 Å². The number of rotatable bonds is 4. The largest absolute Gasteiger partial charge is 0.511 e. The van der Waals surface area contributed by atoms with E-state index in [1.807, 2.05) is 0 Å². The first-order valence-corrected chi connectivity index (χ1v) is 4.28. The molecule has 0 aliphatic heterocycles. The van der Waals surface area contributed by atoms with Crippen molar-refractivity contribution in [3.05, 3.63) is 45.6 Å². The summed E-state index contributed by atoms with van der Waals surface area (Å²) in [6, 6.07) is 3.22. The van der Waals surface area contributed by atoms with Crippen molar-refractivity contribution in [2.75, 3.05) is 0 Å². The standard InChI is InChI=1S/C9H9NO6/c1-6(9(12)16-10(13)14)8(11)5-7-3-2-4-15-7/h2-4,11H,5H2,1H3. The number of allylic oxidation sites excluding steroid dienone is 1. The second-order valence-corrected chi connectivity index (χ2v) is 2.93. The molecule has 16 heavy (non-hydrogen) atoms. The van der Waals surface area contributed by atoms with Gasteiger partial charge in [-0.25, -0.2) is 4.84 Å². The van der Waals surface area contributed by atoms with Gasteiger partial charge in [-0.2, -0.15) is 0 Å². The van der Waals surface area contributed by atoms with Crippen molar-refractivity contribution in [3.63, 3.8) is 0 Å². The Hall–Kier alpha value is -2.31. The number of furan rings is 1. The molecule has 0 amide bonds. The van der Waals surface area contributed by atoms with Gasteiger partial charge < -0.3 is 9.52 Å². The molecule has 1 heterocycles. The predicted molar refractivity (Wildman–Crippen MR) is 50.8 cm³/mol. The average molecular weight is 227 g/mol. The highest BCUT2D eigenvalue weighted by atomic mass is 17.0. The van der Waals surface area contributed by atoms with E-state index in [0.717, 1.165) is 0 Å². The predicted octanol–water partition coefficient (Wildman–Crippen LogP) is 1.39. The molecule has 0 bridgehead atoms. The molecule has 86 valence electrons. The summed E-state index contributed by atoms with van der Waals surface area (Å²) in [7, 11) is 0. The van der Waals surface area contributed by atoms with E-state index in [9.17, 15) is 20.0 Å². The van der Waals surface area contributed by atoms with Crippen LogP contribution in [0.2, 0.25) is 0 Å². The Labute approximate surface area is 90.0 Å². The smallest absolute Gasteiger partial charge is 0.333 e. The van der Waals surface area contributed by atoms with E-state index in [2.05, 4.69) is 4.84 Å². The third kappa shape index (κ3) is 3.12. The number of nitrogens with zero attached hydrogens (tertiary/aromatic N) is 1. The highest BCUT2D eigenvalue weighted by Crippen LogP contribution is 2.11. The minimum Gasteiger partial charge on any atom is -0.511 e. The van der Waals surface area contributed by atoms with Gasteiger partial charge in [0, 0.05) is 0 Å². The number of carbonyl (C=O) groups excluding carboxylic acids is 1. The maximum Gasteiger partial charge on any atom is 0.333 e. The van der Waals surface area contributed by atoms with Crippen molar-refractivity contribution >= 4 is 5.97 Å². The van der Waals surface area contributed by atoms with Crippen molar-refractivity contribution in [2.24, 2.45) is 0 Å². The van der Waals surface area contributed by atoms with Crippen LogP contribution in [0.1, 0.15) is 12.7 Å². The van der Waals surface area contributed by atoms with Gasteiger partial charge in [-0.3, -0.25) is 4.79 Å². The third-order valence-corrected chi connectivity index (χ3v) is 1.82. The molecule has 0 spiro atoms. The lowest BCUT2D eigenvalue weighted by Crippen LogP contribution is -2.13. The van der Waals surface area contributed by atoms with Crippen molar-refractivity contribution in [3.8, 4) is 0 Å². The highest BCUT2D eigenvalue weighted by molar-refractivity contribution is 5.87. The van der Waals surface area contributed by atoms with Gasteiger partial charge in [0.2, 0.25) is 0 Å². The Morgan fingerprint density at radius 1 is 1.69 bits per heavy atom. The molecular weight excluding hydrogens is 218 g/mol. The third-order valence-electron chi connectivity index (χ3n) is 1.82. The normalized spacial score (nSPS) is 11.8. The SMILES string of the molecule is CC(C(=O)O[N+](=O)[O-])=C(O)Cc1ccco1. The Morgan fingerprint density at radius 3 is 2.88 bits per heavy atom. The first-order valence-electron chi connectivity index (χ1n) is 4.28. The van der Waals surface area contributed by atoms with Crippen molar-refractivity contribution in [1.29, 1.82) is 0 Å². The first kappa shape index (κ1) is 11.8. The molecule has 0 saturated carbocycles. The van der Waals surface area contributed by atoms with E-state index in [1.165, 1.54) is 13.2 Å². The topological polar surface area (TPSA) is 103 Å². The Morgan fingerprint density at radius 2 is 2.38 bits per heavy atom. The van der Waals surface area contributed by atoms with Gasteiger partial charge in [-0.15, -0.1) is 10.1 Å². The number of hydrogen-bond donors (Lipinski definition) is 1. The number of carbonyl (C=O) groups is 1. The van der Waals surface area contributed by atoms with E-state index >= 15 is 0 Å².